The number of anilines is 1. The highest BCUT2D eigenvalue weighted by Gasteiger charge is 2.38. The second-order valence-electron chi connectivity index (χ2n) is 5.09. The molecule has 0 saturated heterocycles. The lowest BCUT2D eigenvalue weighted by Gasteiger charge is -2.08. The third kappa shape index (κ3) is 2.71. The maximum absolute atomic E-state index is 5.91. The predicted molar refractivity (Wildman–Crippen MR) is 77.7 cm³/mol. The molecule has 1 aliphatic carbocycles. The van der Waals surface area contributed by atoms with E-state index in [0.29, 0.717) is 12.0 Å². The fourth-order valence-electron chi connectivity index (χ4n) is 2.28. The summed E-state index contributed by atoms with van der Waals surface area (Å²) in [7, 11) is 0. The van der Waals surface area contributed by atoms with Crippen LogP contribution in [-0.4, -0.2) is 16.0 Å². The van der Waals surface area contributed by atoms with Crippen LogP contribution in [0.1, 0.15) is 29.3 Å². The van der Waals surface area contributed by atoms with Crippen LogP contribution in [0.5, 0.6) is 0 Å². The van der Waals surface area contributed by atoms with Gasteiger partial charge >= 0.3 is 0 Å². The van der Waals surface area contributed by atoms with E-state index in [-0.39, 0.29) is 0 Å². The van der Waals surface area contributed by atoms with Gasteiger partial charge in [-0.1, -0.05) is 23.7 Å². The smallest absolute Gasteiger partial charge is 0.147 e. The standard InChI is InChI=1S/C15H16ClN3/c1-9-8-17-10(2)15(18-9)19-14-7-13(14)11-3-5-12(16)6-4-11/h3-6,8,13-14H,7H2,1-2H3,(H,18,19). The molecule has 2 unspecified atom stereocenters. The van der Waals surface area contributed by atoms with E-state index in [0.717, 1.165) is 28.6 Å². The van der Waals surface area contributed by atoms with Crippen LogP contribution in [0.25, 0.3) is 0 Å². The van der Waals surface area contributed by atoms with Crippen LogP contribution in [0, 0.1) is 13.8 Å². The Morgan fingerprint density at radius 1 is 1.21 bits per heavy atom. The summed E-state index contributed by atoms with van der Waals surface area (Å²) in [6.07, 6.45) is 2.93. The largest absolute Gasteiger partial charge is 0.365 e. The van der Waals surface area contributed by atoms with Crippen molar-refractivity contribution in [2.24, 2.45) is 0 Å². The molecule has 1 aliphatic rings. The maximum atomic E-state index is 5.91. The highest BCUT2D eigenvalue weighted by molar-refractivity contribution is 6.30. The van der Waals surface area contributed by atoms with Gasteiger partial charge in [-0.25, -0.2) is 4.98 Å². The molecule has 4 heteroatoms. The first-order valence-electron chi connectivity index (χ1n) is 6.46. The molecule has 0 aliphatic heterocycles. The van der Waals surface area contributed by atoms with Gasteiger partial charge in [0.25, 0.3) is 0 Å². The average Bonchev–Trinajstić information content (AvgIpc) is 3.14. The number of nitrogens with one attached hydrogen (secondary N) is 1. The fraction of sp³-hybridized carbons (Fsp3) is 0.333. The zero-order valence-electron chi connectivity index (χ0n) is 11.0. The topological polar surface area (TPSA) is 37.8 Å². The van der Waals surface area contributed by atoms with Crippen LogP contribution in [0.2, 0.25) is 5.02 Å². The number of hydrogen-bond acceptors (Lipinski definition) is 3. The Balaban J connectivity index is 1.70. The minimum absolute atomic E-state index is 0.455. The van der Waals surface area contributed by atoms with Crippen molar-refractivity contribution in [1.29, 1.82) is 0 Å². The zero-order chi connectivity index (χ0) is 13.4. The van der Waals surface area contributed by atoms with E-state index < -0.39 is 0 Å². The van der Waals surface area contributed by atoms with Gasteiger partial charge in [-0.15, -0.1) is 0 Å². The molecule has 0 amide bonds. The number of rotatable bonds is 3. The van der Waals surface area contributed by atoms with Gasteiger partial charge in [0.15, 0.2) is 0 Å². The highest BCUT2D eigenvalue weighted by atomic mass is 35.5. The number of halogens is 1. The van der Waals surface area contributed by atoms with Crippen LogP contribution in [0.4, 0.5) is 5.82 Å². The Morgan fingerprint density at radius 2 is 1.95 bits per heavy atom. The molecule has 0 bridgehead atoms. The van der Waals surface area contributed by atoms with Crippen molar-refractivity contribution in [2.45, 2.75) is 32.2 Å². The van der Waals surface area contributed by atoms with E-state index >= 15 is 0 Å². The summed E-state index contributed by atoms with van der Waals surface area (Å²) in [6, 6.07) is 8.55. The van der Waals surface area contributed by atoms with Gasteiger partial charge in [0, 0.05) is 23.2 Å². The number of hydrogen-bond donors (Lipinski definition) is 1. The Morgan fingerprint density at radius 3 is 2.68 bits per heavy atom. The first kappa shape index (κ1) is 12.4. The van der Waals surface area contributed by atoms with Gasteiger partial charge in [0.2, 0.25) is 0 Å². The van der Waals surface area contributed by atoms with Gasteiger partial charge in [0.05, 0.1) is 11.4 Å². The molecule has 1 heterocycles. The molecule has 1 saturated carbocycles. The molecular weight excluding hydrogens is 258 g/mol. The quantitative estimate of drug-likeness (QED) is 0.926. The average molecular weight is 274 g/mol. The van der Waals surface area contributed by atoms with E-state index in [2.05, 4.69) is 27.4 Å². The van der Waals surface area contributed by atoms with Gasteiger partial charge in [-0.2, -0.15) is 0 Å². The molecule has 0 spiro atoms. The number of nitrogens with zero attached hydrogens (tertiary/aromatic N) is 2. The van der Waals surface area contributed by atoms with Gasteiger partial charge in [0.1, 0.15) is 5.82 Å². The monoisotopic (exact) mass is 273 g/mol. The van der Waals surface area contributed by atoms with E-state index in [1.54, 1.807) is 6.20 Å². The number of aromatic nitrogens is 2. The van der Waals surface area contributed by atoms with Gasteiger partial charge in [-0.05, 0) is 38.0 Å². The fourth-order valence-corrected chi connectivity index (χ4v) is 2.41. The summed E-state index contributed by atoms with van der Waals surface area (Å²) in [4.78, 5) is 8.83. The normalized spacial score (nSPS) is 21.2. The minimum atomic E-state index is 0.455. The van der Waals surface area contributed by atoms with Crippen molar-refractivity contribution in [2.75, 3.05) is 5.32 Å². The van der Waals surface area contributed by atoms with Gasteiger partial charge in [-0.3, -0.25) is 4.98 Å². The third-order valence-electron chi connectivity index (χ3n) is 3.49. The van der Waals surface area contributed by atoms with Crippen molar-refractivity contribution in [3.05, 3.63) is 52.4 Å². The molecule has 2 atom stereocenters. The Hall–Kier alpha value is -1.61. The van der Waals surface area contributed by atoms with E-state index in [1.165, 1.54) is 5.56 Å². The highest BCUT2D eigenvalue weighted by Crippen LogP contribution is 2.43. The summed E-state index contributed by atoms with van der Waals surface area (Å²) in [5.74, 6) is 1.46. The molecule has 3 nitrogen and oxygen atoms in total. The molecule has 1 N–H and O–H groups in total. The molecule has 19 heavy (non-hydrogen) atoms. The molecular formula is C15H16ClN3. The maximum Gasteiger partial charge on any atom is 0.147 e. The van der Waals surface area contributed by atoms with Gasteiger partial charge < -0.3 is 5.32 Å². The minimum Gasteiger partial charge on any atom is -0.365 e. The lowest BCUT2D eigenvalue weighted by molar-refractivity contribution is 0.988. The van der Waals surface area contributed by atoms with Crippen molar-refractivity contribution in [3.63, 3.8) is 0 Å². The lowest BCUT2D eigenvalue weighted by Crippen LogP contribution is -2.09. The Kier molecular flexibility index (Phi) is 3.15. The first-order chi connectivity index (χ1) is 9.13. The van der Waals surface area contributed by atoms with E-state index in [1.807, 2.05) is 26.0 Å². The summed E-state index contributed by atoms with van der Waals surface area (Å²) in [5.41, 5.74) is 3.23. The Bertz CT molecular complexity index is 595. The second kappa shape index (κ2) is 4.82. The van der Waals surface area contributed by atoms with Crippen LogP contribution in [0.3, 0.4) is 0 Å². The molecule has 0 radical (unpaired) electrons. The summed E-state index contributed by atoms with van der Waals surface area (Å²) in [6.45, 7) is 3.94. The predicted octanol–water partition coefficient (Wildman–Crippen LogP) is 3.71. The van der Waals surface area contributed by atoms with Crippen molar-refractivity contribution in [1.82, 2.24) is 9.97 Å². The molecule has 1 aromatic carbocycles. The number of aryl methyl sites for hydroxylation is 2. The zero-order valence-corrected chi connectivity index (χ0v) is 11.8. The van der Waals surface area contributed by atoms with Crippen LogP contribution in [0.15, 0.2) is 30.5 Å². The molecule has 2 aromatic rings. The summed E-state index contributed by atoms with van der Waals surface area (Å²) >= 11 is 5.91. The van der Waals surface area contributed by atoms with Crippen molar-refractivity contribution < 1.29 is 0 Å². The van der Waals surface area contributed by atoms with Crippen LogP contribution >= 0.6 is 11.6 Å². The molecule has 1 fully saturated rings. The molecule has 98 valence electrons. The van der Waals surface area contributed by atoms with Crippen LogP contribution < -0.4 is 5.32 Å². The van der Waals surface area contributed by atoms with E-state index in [9.17, 15) is 0 Å². The lowest BCUT2D eigenvalue weighted by atomic mass is 10.1. The first-order valence-corrected chi connectivity index (χ1v) is 6.83. The van der Waals surface area contributed by atoms with Crippen molar-refractivity contribution >= 4 is 17.4 Å². The third-order valence-corrected chi connectivity index (χ3v) is 3.74. The summed E-state index contributed by atoms with van der Waals surface area (Å²) in [5, 5.41) is 4.27. The van der Waals surface area contributed by atoms with E-state index in [4.69, 9.17) is 11.6 Å². The SMILES string of the molecule is Cc1cnc(C)c(NC2CC2c2ccc(Cl)cc2)n1. The van der Waals surface area contributed by atoms with Crippen LogP contribution in [-0.2, 0) is 0 Å². The van der Waals surface area contributed by atoms with Crippen molar-refractivity contribution in [3.8, 4) is 0 Å². The molecule has 3 rings (SSSR count). The Labute approximate surface area is 118 Å². The second-order valence-corrected chi connectivity index (χ2v) is 5.53. The summed E-state index contributed by atoms with van der Waals surface area (Å²) < 4.78 is 0. The molecule has 1 aromatic heterocycles. The number of benzene rings is 1.